The Morgan fingerprint density at radius 1 is 0.860 bits per heavy atom. The molecule has 0 fully saturated rings. The van der Waals surface area contributed by atoms with E-state index >= 15 is 0 Å². The Kier molecular flexibility index (Phi) is 10.8. The molecule has 0 aliphatic rings. The molecule has 0 saturated heterocycles. The normalized spacial score (nSPS) is 11.7. The minimum atomic E-state index is -1.20. The van der Waals surface area contributed by atoms with E-state index in [1.807, 2.05) is 24.3 Å². The summed E-state index contributed by atoms with van der Waals surface area (Å²) in [5, 5.41) is 17.0. The molecule has 1 unspecified atom stereocenters. The molecule has 8 nitrogen and oxygen atoms in total. The molecule has 0 saturated carbocycles. The van der Waals surface area contributed by atoms with Crippen molar-refractivity contribution in [3.63, 3.8) is 0 Å². The summed E-state index contributed by atoms with van der Waals surface area (Å²) in [6, 6.07) is 27.0. The fraction of sp³-hybridized carbons (Fsp3) is 0.0625. The molecule has 43 heavy (non-hydrogen) atoms. The molecule has 0 radical (unpaired) electrons. The molecule has 0 aliphatic heterocycles. The first-order valence-corrected chi connectivity index (χ1v) is 14.9. The van der Waals surface area contributed by atoms with Crippen molar-refractivity contribution < 1.29 is 24.3 Å². The summed E-state index contributed by atoms with van der Waals surface area (Å²) in [7, 11) is 0. The molecule has 4 rings (SSSR count). The van der Waals surface area contributed by atoms with E-state index in [1.54, 1.807) is 67.6 Å². The van der Waals surface area contributed by atoms with Crippen molar-refractivity contribution in [2.45, 2.75) is 17.1 Å². The van der Waals surface area contributed by atoms with Gasteiger partial charge in [-0.05, 0) is 79.2 Å². The summed E-state index contributed by atoms with van der Waals surface area (Å²) in [6.07, 6.45) is 1.58. The SMILES string of the molecule is CC(Sc1cccc(NC(=O)/C(=C\c2cccc(Br)c2)NC(=O)c2ccccc2)c1)C(=O)Nc1ccc(Cl)c(C(=O)O)c1. The average molecular weight is 679 g/mol. The van der Waals surface area contributed by atoms with Crippen LogP contribution in [0.5, 0.6) is 0 Å². The first-order chi connectivity index (χ1) is 20.6. The van der Waals surface area contributed by atoms with E-state index in [2.05, 4.69) is 31.9 Å². The number of carbonyl (C=O) groups is 4. The summed E-state index contributed by atoms with van der Waals surface area (Å²) < 4.78 is 0.816. The molecule has 11 heteroatoms. The van der Waals surface area contributed by atoms with Gasteiger partial charge in [-0.25, -0.2) is 4.79 Å². The van der Waals surface area contributed by atoms with Gasteiger partial charge in [0.2, 0.25) is 5.91 Å². The molecule has 0 bridgehead atoms. The van der Waals surface area contributed by atoms with Crippen molar-refractivity contribution in [2.75, 3.05) is 10.6 Å². The van der Waals surface area contributed by atoms with Gasteiger partial charge in [0, 0.05) is 26.3 Å². The standard InChI is InChI=1S/C32H25BrClN3O5S/c1-19(29(38)35-24-13-14-27(34)26(18-24)32(41)42)43-25-12-6-11-23(17-25)36-31(40)28(16-20-7-5-10-22(33)15-20)37-30(39)21-8-3-2-4-9-21/h2-19H,1H3,(H,35,38)(H,36,40)(H,37,39)(H,41,42)/b28-16+. The third-order valence-electron chi connectivity index (χ3n) is 5.93. The molecule has 218 valence electrons. The molecule has 3 amide bonds. The first-order valence-electron chi connectivity index (χ1n) is 12.8. The van der Waals surface area contributed by atoms with Gasteiger partial charge in [0.25, 0.3) is 11.8 Å². The maximum absolute atomic E-state index is 13.4. The highest BCUT2D eigenvalue weighted by molar-refractivity contribution is 9.10. The maximum atomic E-state index is 13.4. The van der Waals surface area contributed by atoms with Crippen LogP contribution in [0.25, 0.3) is 6.08 Å². The Bertz CT molecular complexity index is 1710. The van der Waals surface area contributed by atoms with Crippen LogP contribution in [-0.2, 0) is 9.59 Å². The Morgan fingerprint density at radius 2 is 1.58 bits per heavy atom. The third-order valence-corrected chi connectivity index (χ3v) is 7.84. The molecule has 4 N–H and O–H groups in total. The number of benzene rings is 4. The number of carboxylic acid groups (broad SMARTS) is 1. The predicted octanol–water partition coefficient (Wildman–Crippen LogP) is 7.33. The smallest absolute Gasteiger partial charge is 0.337 e. The molecule has 4 aromatic carbocycles. The number of hydrogen-bond donors (Lipinski definition) is 4. The summed E-state index contributed by atoms with van der Waals surface area (Å²) >= 11 is 10.6. The van der Waals surface area contributed by atoms with E-state index in [0.717, 1.165) is 4.47 Å². The monoisotopic (exact) mass is 677 g/mol. The van der Waals surface area contributed by atoms with E-state index in [4.69, 9.17) is 11.6 Å². The lowest BCUT2D eigenvalue weighted by molar-refractivity contribution is -0.115. The number of aromatic carboxylic acids is 1. The number of carboxylic acids is 1. The summed E-state index contributed by atoms with van der Waals surface area (Å²) in [5.41, 5.74) is 1.80. The van der Waals surface area contributed by atoms with Gasteiger partial charge in [-0.1, -0.05) is 63.9 Å². The van der Waals surface area contributed by atoms with Crippen molar-refractivity contribution in [3.05, 3.63) is 129 Å². The Labute approximate surface area is 265 Å². The van der Waals surface area contributed by atoms with Crippen LogP contribution in [0.1, 0.15) is 33.2 Å². The van der Waals surface area contributed by atoms with E-state index in [1.165, 1.54) is 30.0 Å². The van der Waals surface area contributed by atoms with Gasteiger partial charge in [0.05, 0.1) is 15.8 Å². The highest BCUT2D eigenvalue weighted by Crippen LogP contribution is 2.28. The summed E-state index contributed by atoms with van der Waals surface area (Å²) in [4.78, 5) is 51.1. The number of halogens is 2. The van der Waals surface area contributed by atoms with Gasteiger partial charge in [-0.3, -0.25) is 14.4 Å². The molecule has 0 aliphatic carbocycles. The van der Waals surface area contributed by atoms with Crippen molar-refractivity contribution in [1.29, 1.82) is 0 Å². The van der Waals surface area contributed by atoms with Crippen LogP contribution in [0.15, 0.2) is 112 Å². The topological polar surface area (TPSA) is 125 Å². The molecule has 0 aromatic heterocycles. The largest absolute Gasteiger partial charge is 0.478 e. The van der Waals surface area contributed by atoms with E-state index in [9.17, 15) is 24.3 Å². The van der Waals surface area contributed by atoms with Crippen molar-refractivity contribution in [2.24, 2.45) is 0 Å². The predicted molar refractivity (Wildman–Crippen MR) is 173 cm³/mol. The third kappa shape index (κ3) is 9.05. The quantitative estimate of drug-likeness (QED) is 0.103. The van der Waals surface area contributed by atoms with Crippen LogP contribution in [0, 0.1) is 0 Å². The molecule has 0 heterocycles. The second-order valence-electron chi connectivity index (χ2n) is 9.16. The van der Waals surface area contributed by atoms with Crippen LogP contribution >= 0.6 is 39.3 Å². The van der Waals surface area contributed by atoms with Crippen molar-refractivity contribution in [3.8, 4) is 0 Å². The zero-order chi connectivity index (χ0) is 30.9. The molecule has 4 aromatic rings. The lowest BCUT2D eigenvalue weighted by Crippen LogP contribution is -2.30. The van der Waals surface area contributed by atoms with Crippen LogP contribution in [0.3, 0.4) is 0 Å². The van der Waals surface area contributed by atoms with E-state index < -0.39 is 23.0 Å². The number of nitrogens with one attached hydrogen (secondary N) is 3. The summed E-state index contributed by atoms with van der Waals surface area (Å²) in [5.74, 6) is -2.51. The summed E-state index contributed by atoms with van der Waals surface area (Å²) in [6.45, 7) is 1.71. The first kappa shape index (κ1) is 31.6. The highest BCUT2D eigenvalue weighted by atomic mass is 79.9. The van der Waals surface area contributed by atoms with Gasteiger partial charge >= 0.3 is 5.97 Å². The Morgan fingerprint density at radius 3 is 2.30 bits per heavy atom. The van der Waals surface area contributed by atoms with Gasteiger partial charge in [-0.15, -0.1) is 11.8 Å². The number of rotatable bonds is 10. The molecular weight excluding hydrogens is 654 g/mol. The Balaban J connectivity index is 1.47. The van der Waals surface area contributed by atoms with Gasteiger partial charge in [0.15, 0.2) is 0 Å². The highest BCUT2D eigenvalue weighted by Gasteiger charge is 2.18. The second-order valence-corrected chi connectivity index (χ2v) is 11.9. The number of thioether (sulfide) groups is 1. The van der Waals surface area contributed by atoms with E-state index in [0.29, 0.717) is 27.4 Å². The number of anilines is 2. The molecule has 0 spiro atoms. The fourth-order valence-electron chi connectivity index (χ4n) is 3.82. The van der Waals surface area contributed by atoms with Gasteiger partial charge in [0.1, 0.15) is 5.70 Å². The van der Waals surface area contributed by atoms with Gasteiger partial charge < -0.3 is 21.1 Å². The molecular formula is C32H25BrClN3O5S. The Hall–Kier alpha value is -4.38. The van der Waals surface area contributed by atoms with Crippen molar-refractivity contribution >= 4 is 80.4 Å². The zero-order valence-corrected chi connectivity index (χ0v) is 25.8. The van der Waals surface area contributed by atoms with Crippen LogP contribution in [0.2, 0.25) is 5.02 Å². The fourth-order valence-corrected chi connectivity index (χ4v) is 5.36. The zero-order valence-electron chi connectivity index (χ0n) is 22.6. The number of amides is 3. The maximum Gasteiger partial charge on any atom is 0.337 e. The van der Waals surface area contributed by atoms with E-state index in [-0.39, 0.29) is 22.2 Å². The lowest BCUT2D eigenvalue weighted by Gasteiger charge is -2.14. The number of hydrogen-bond acceptors (Lipinski definition) is 5. The minimum Gasteiger partial charge on any atom is -0.478 e. The van der Waals surface area contributed by atoms with Crippen LogP contribution in [-0.4, -0.2) is 34.0 Å². The average Bonchev–Trinajstić information content (AvgIpc) is 2.98. The second kappa shape index (κ2) is 14.7. The van der Waals surface area contributed by atoms with Gasteiger partial charge in [-0.2, -0.15) is 0 Å². The molecule has 1 atom stereocenters. The number of carbonyl (C=O) groups excluding carboxylic acids is 3. The minimum absolute atomic E-state index is 0.0430. The van der Waals surface area contributed by atoms with Crippen LogP contribution in [0.4, 0.5) is 11.4 Å². The lowest BCUT2D eigenvalue weighted by atomic mass is 10.1. The van der Waals surface area contributed by atoms with Crippen LogP contribution < -0.4 is 16.0 Å². The van der Waals surface area contributed by atoms with Crippen molar-refractivity contribution in [1.82, 2.24) is 5.32 Å².